The number of rotatable bonds is 7. The van der Waals surface area contributed by atoms with Crippen LogP contribution in [0.25, 0.3) is 0 Å². The molecule has 4 rings (SSSR count). The molecule has 1 atom stereocenters. The number of benzene rings is 2. The monoisotopic (exact) mass is 454 g/mol. The highest BCUT2D eigenvalue weighted by Crippen LogP contribution is 2.38. The van der Waals surface area contributed by atoms with Crippen LogP contribution in [0.1, 0.15) is 40.5 Å². The molecule has 1 N–H and O–H groups in total. The van der Waals surface area contributed by atoms with Crippen molar-refractivity contribution in [1.82, 2.24) is 10.2 Å². The van der Waals surface area contributed by atoms with Crippen molar-refractivity contribution < 1.29 is 18.4 Å². The Kier molecular flexibility index (Phi) is 6.95. The van der Waals surface area contributed by atoms with E-state index in [0.717, 1.165) is 23.1 Å². The molecule has 2 amide bonds. The zero-order chi connectivity index (χ0) is 22.5. The van der Waals surface area contributed by atoms with E-state index in [1.807, 2.05) is 11.4 Å². The molecule has 0 saturated carbocycles. The Hall–Kier alpha value is -3.06. The van der Waals surface area contributed by atoms with Crippen molar-refractivity contribution >= 4 is 23.2 Å². The Morgan fingerprint density at radius 1 is 0.969 bits per heavy atom. The molecule has 1 aliphatic rings. The van der Waals surface area contributed by atoms with Crippen molar-refractivity contribution in [2.24, 2.45) is 0 Å². The molecule has 0 fully saturated rings. The molecule has 3 aromatic rings. The highest BCUT2D eigenvalue weighted by Gasteiger charge is 2.32. The summed E-state index contributed by atoms with van der Waals surface area (Å²) in [6.45, 7) is 0.999. The number of hydrogen-bond acceptors (Lipinski definition) is 3. The number of carbonyl (C=O) groups excluding carboxylic acids is 2. The van der Waals surface area contributed by atoms with Crippen LogP contribution in [0.4, 0.5) is 8.78 Å². The summed E-state index contributed by atoms with van der Waals surface area (Å²) in [5.74, 6) is -0.885. The minimum Gasteiger partial charge on any atom is -0.356 e. The number of halogens is 2. The van der Waals surface area contributed by atoms with Gasteiger partial charge in [-0.1, -0.05) is 24.3 Å². The topological polar surface area (TPSA) is 49.4 Å². The summed E-state index contributed by atoms with van der Waals surface area (Å²) >= 11 is 1.67. The van der Waals surface area contributed by atoms with Gasteiger partial charge in [-0.15, -0.1) is 11.3 Å². The number of fused-ring (bicyclic) bond motifs is 1. The van der Waals surface area contributed by atoms with E-state index < -0.39 is 0 Å². The van der Waals surface area contributed by atoms with Crippen LogP contribution in [0, 0.1) is 11.6 Å². The van der Waals surface area contributed by atoms with Crippen molar-refractivity contribution in [3.8, 4) is 0 Å². The van der Waals surface area contributed by atoms with E-state index in [0.29, 0.717) is 19.5 Å². The van der Waals surface area contributed by atoms with Crippen LogP contribution in [0.3, 0.4) is 0 Å². The van der Waals surface area contributed by atoms with Crippen LogP contribution >= 0.6 is 11.3 Å². The molecule has 1 aliphatic heterocycles. The Labute approximate surface area is 189 Å². The Bertz CT molecular complexity index is 1080. The van der Waals surface area contributed by atoms with Gasteiger partial charge in [-0.05, 0) is 65.2 Å². The molecular weight excluding hydrogens is 430 g/mol. The molecule has 166 valence electrons. The fraction of sp³-hybridized carbons (Fsp3) is 0.280. The summed E-state index contributed by atoms with van der Waals surface area (Å²) < 4.78 is 26.4. The van der Waals surface area contributed by atoms with Crippen molar-refractivity contribution in [2.45, 2.75) is 31.7 Å². The average molecular weight is 455 g/mol. The molecule has 7 heteroatoms. The Balaban J connectivity index is 1.34. The lowest BCUT2D eigenvalue weighted by atomic mass is 9.93. The van der Waals surface area contributed by atoms with E-state index in [2.05, 4.69) is 5.32 Å². The van der Waals surface area contributed by atoms with Crippen LogP contribution in [-0.4, -0.2) is 29.8 Å². The molecule has 0 saturated heterocycles. The standard InChI is InChI=1S/C25H24F2N2O2S/c26-19-5-1-17(2-6-19)11-14-28-23(30)9-10-24(31)29-15-12-22-21(13-16-32-22)25(29)18-3-7-20(27)8-4-18/h1-8,13,16,25H,9-12,14-15H2,(H,28,30). The first-order valence-corrected chi connectivity index (χ1v) is 11.5. The van der Waals surface area contributed by atoms with E-state index in [9.17, 15) is 18.4 Å². The van der Waals surface area contributed by atoms with Crippen molar-refractivity contribution in [2.75, 3.05) is 13.1 Å². The quantitative estimate of drug-likeness (QED) is 0.566. The summed E-state index contributed by atoms with van der Waals surface area (Å²) in [6, 6.07) is 14.2. The summed E-state index contributed by atoms with van der Waals surface area (Å²) in [5, 5.41) is 4.84. The van der Waals surface area contributed by atoms with Crippen molar-refractivity contribution in [3.63, 3.8) is 0 Å². The molecule has 0 radical (unpaired) electrons. The molecule has 32 heavy (non-hydrogen) atoms. The molecule has 1 aromatic heterocycles. The third-order valence-electron chi connectivity index (χ3n) is 5.69. The first-order valence-electron chi connectivity index (χ1n) is 10.6. The van der Waals surface area contributed by atoms with Gasteiger partial charge in [-0.2, -0.15) is 0 Å². The average Bonchev–Trinajstić information content (AvgIpc) is 3.28. The minimum atomic E-state index is -0.315. The fourth-order valence-electron chi connectivity index (χ4n) is 4.04. The number of nitrogens with zero attached hydrogens (tertiary/aromatic N) is 1. The van der Waals surface area contributed by atoms with E-state index in [-0.39, 0.29) is 42.3 Å². The second kappa shape index (κ2) is 10.0. The van der Waals surface area contributed by atoms with E-state index in [1.165, 1.54) is 29.1 Å². The largest absolute Gasteiger partial charge is 0.356 e. The number of amides is 2. The normalized spacial score (nSPS) is 15.3. The van der Waals surface area contributed by atoms with Gasteiger partial charge in [0.1, 0.15) is 11.6 Å². The maximum Gasteiger partial charge on any atom is 0.223 e. The second-order valence-corrected chi connectivity index (χ2v) is 8.82. The summed E-state index contributed by atoms with van der Waals surface area (Å²) in [4.78, 5) is 28.3. The number of nitrogens with one attached hydrogen (secondary N) is 1. The zero-order valence-electron chi connectivity index (χ0n) is 17.5. The first-order chi connectivity index (χ1) is 15.5. The van der Waals surface area contributed by atoms with Gasteiger partial charge >= 0.3 is 0 Å². The minimum absolute atomic E-state index is 0.0927. The highest BCUT2D eigenvalue weighted by molar-refractivity contribution is 7.10. The van der Waals surface area contributed by atoms with Crippen LogP contribution in [0.2, 0.25) is 0 Å². The number of carbonyl (C=O) groups is 2. The van der Waals surface area contributed by atoms with Gasteiger partial charge in [0.25, 0.3) is 0 Å². The van der Waals surface area contributed by atoms with Crippen molar-refractivity contribution in [3.05, 3.63) is 93.2 Å². The van der Waals surface area contributed by atoms with Crippen LogP contribution < -0.4 is 5.32 Å². The van der Waals surface area contributed by atoms with Gasteiger partial charge in [0.15, 0.2) is 0 Å². The lowest BCUT2D eigenvalue weighted by molar-refractivity contribution is -0.135. The molecule has 2 heterocycles. The summed E-state index contributed by atoms with van der Waals surface area (Å²) in [7, 11) is 0. The summed E-state index contributed by atoms with van der Waals surface area (Å²) in [5.41, 5.74) is 2.87. The van der Waals surface area contributed by atoms with Gasteiger partial charge in [-0.3, -0.25) is 9.59 Å². The van der Waals surface area contributed by atoms with Crippen LogP contribution in [0.15, 0.2) is 60.0 Å². The summed E-state index contributed by atoms with van der Waals surface area (Å²) in [6.07, 6.45) is 1.59. The van der Waals surface area contributed by atoms with Crippen molar-refractivity contribution in [1.29, 1.82) is 0 Å². The van der Waals surface area contributed by atoms with Gasteiger partial charge in [0, 0.05) is 30.8 Å². The first kappa shape index (κ1) is 22.1. The molecule has 1 unspecified atom stereocenters. The predicted molar refractivity (Wildman–Crippen MR) is 120 cm³/mol. The molecule has 4 nitrogen and oxygen atoms in total. The molecular formula is C25H24F2N2O2S. The molecule has 0 aliphatic carbocycles. The fourth-order valence-corrected chi connectivity index (χ4v) is 4.94. The predicted octanol–water partition coefficient (Wildman–Crippen LogP) is 4.64. The van der Waals surface area contributed by atoms with E-state index >= 15 is 0 Å². The molecule has 0 bridgehead atoms. The molecule has 2 aromatic carbocycles. The maximum atomic E-state index is 13.4. The smallest absolute Gasteiger partial charge is 0.223 e. The van der Waals surface area contributed by atoms with Gasteiger partial charge in [-0.25, -0.2) is 8.78 Å². The number of hydrogen-bond donors (Lipinski definition) is 1. The lowest BCUT2D eigenvalue weighted by Gasteiger charge is -2.36. The van der Waals surface area contributed by atoms with Gasteiger partial charge in [0.2, 0.25) is 11.8 Å². The zero-order valence-corrected chi connectivity index (χ0v) is 18.3. The van der Waals surface area contributed by atoms with Crippen LogP contribution in [0.5, 0.6) is 0 Å². The van der Waals surface area contributed by atoms with Crippen LogP contribution in [-0.2, 0) is 22.4 Å². The van der Waals surface area contributed by atoms with Gasteiger partial charge < -0.3 is 10.2 Å². The Morgan fingerprint density at radius 2 is 1.66 bits per heavy atom. The highest BCUT2D eigenvalue weighted by atomic mass is 32.1. The SMILES string of the molecule is O=C(CCC(=O)N1CCc2sccc2C1c1ccc(F)cc1)NCCc1ccc(F)cc1. The molecule has 0 spiro atoms. The maximum absolute atomic E-state index is 13.4. The Morgan fingerprint density at radius 3 is 2.38 bits per heavy atom. The third kappa shape index (κ3) is 5.22. The third-order valence-corrected chi connectivity index (χ3v) is 6.68. The number of thiophene rings is 1. The lowest BCUT2D eigenvalue weighted by Crippen LogP contribution is -2.40. The second-order valence-electron chi connectivity index (χ2n) is 7.82. The van der Waals surface area contributed by atoms with E-state index in [1.54, 1.807) is 40.5 Å². The van der Waals surface area contributed by atoms with E-state index in [4.69, 9.17) is 0 Å². The van der Waals surface area contributed by atoms with Gasteiger partial charge in [0.05, 0.1) is 6.04 Å².